The third-order valence-corrected chi connectivity index (χ3v) is 2.83. The van der Waals surface area contributed by atoms with Crippen LogP contribution in [0.4, 0.5) is 6.01 Å². The number of carbonyl (C=O) groups excluding carboxylic acids is 2. The van der Waals surface area contributed by atoms with Crippen LogP contribution in [0.5, 0.6) is 0 Å². The normalized spacial score (nSPS) is 19.2. The van der Waals surface area contributed by atoms with E-state index in [9.17, 15) is 9.59 Å². The van der Waals surface area contributed by atoms with Crippen molar-refractivity contribution in [1.82, 2.24) is 20.8 Å². The van der Waals surface area contributed by atoms with Gasteiger partial charge < -0.3 is 15.1 Å². The lowest BCUT2D eigenvalue weighted by Gasteiger charge is -2.20. The molecule has 1 aromatic heterocycles. The molecule has 20 heavy (non-hydrogen) atoms. The molecule has 0 spiro atoms. The maximum atomic E-state index is 11.6. The number of rotatable bonds is 6. The van der Waals surface area contributed by atoms with E-state index in [2.05, 4.69) is 40.0 Å². The lowest BCUT2D eigenvalue weighted by molar-refractivity contribution is -0.133. The van der Waals surface area contributed by atoms with Crippen LogP contribution in [-0.4, -0.2) is 34.6 Å². The third-order valence-electron chi connectivity index (χ3n) is 2.83. The second kappa shape index (κ2) is 6.47. The largest absolute Gasteiger partial charge is 0.407 e. The maximum Gasteiger partial charge on any atom is 0.316 e. The van der Waals surface area contributed by atoms with E-state index in [-0.39, 0.29) is 17.8 Å². The number of piperidine rings is 1. The Morgan fingerprint density at radius 3 is 2.90 bits per heavy atom. The molecule has 110 valence electrons. The standard InChI is InChI=1S/C12H19N5O3/c1-7(2)5-13-6-10-16-17-12(20-10)14-8-3-4-9(18)15-11(8)19/h7-8,13H,3-6H2,1-2H3,(H,14,17)(H,15,18,19). The molecular weight excluding hydrogens is 262 g/mol. The van der Waals surface area contributed by atoms with E-state index in [1.54, 1.807) is 0 Å². The minimum Gasteiger partial charge on any atom is -0.407 e. The summed E-state index contributed by atoms with van der Waals surface area (Å²) in [7, 11) is 0. The van der Waals surface area contributed by atoms with Crippen LogP contribution in [0.2, 0.25) is 0 Å². The molecular formula is C12H19N5O3. The lowest BCUT2D eigenvalue weighted by atomic mass is 10.1. The first-order valence-electron chi connectivity index (χ1n) is 6.68. The van der Waals surface area contributed by atoms with Crippen molar-refractivity contribution < 1.29 is 14.0 Å². The summed E-state index contributed by atoms with van der Waals surface area (Å²) in [5.74, 6) is 0.385. The molecule has 1 fully saturated rings. The van der Waals surface area contributed by atoms with Crippen LogP contribution in [-0.2, 0) is 16.1 Å². The monoisotopic (exact) mass is 281 g/mol. The van der Waals surface area contributed by atoms with Crippen LogP contribution < -0.4 is 16.0 Å². The summed E-state index contributed by atoms with van der Waals surface area (Å²) in [6.07, 6.45) is 0.730. The minimum absolute atomic E-state index is 0.195. The molecule has 0 aromatic carbocycles. The molecule has 2 rings (SSSR count). The number of hydrogen-bond donors (Lipinski definition) is 3. The van der Waals surface area contributed by atoms with Gasteiger partial charge in [0.2, 0.25) is 17.7 Å². The summed E-state index contributed by atoms with van der Waals surface area (Å²) < 4.78 is 5.38. The second-order valence-corrected chi connectivity index (χ2v) is 5.17. The zero-order chi connectivity index (χ0) is 14.5. The Bertz CT molecular complexity index is 485. The Morgan fingerprint density at radius 1 is 1.40 bits per heavy atom. The number of carbonyl (C=O) groups is 2. The average molecular weight is 281 g/mol. The highest BCUT2D eigenvalue weighted by Crippen LogP contribution is 2.12. The Hall–Kier alpha value is -1.96. The minimum atomic E-state index is -0.510. The van der Waals surface area contributed by atoms with Crippen molar-refractivity contribution in [2.24, 2.45) is 5.92 Å². The van der Waals surface area contributed by atoms with Crippen molar-refractivity contribution in [3.8, 4) is 0 Å². The van der Waals surface area contributed by atoms with Gasteiger partial charge in [-0.1, -0.05) is 18.9 Å². The van der Waals surface area contributed by atoms with Gasteiger partial charge in [-0.25, -0.2) is 0 Å². The molecule has 8 heteroatoms. The number of imide groups is 1. The zero-order valence-electron chi connectivity index (χ0n) is 11.6. The number of hydrogen-bond acceptors (Lipinski definition) is 7. The Labute approximate surface area is 116 Å². The molecule has 1 aromatic rings. The van der Waals surface area contributed by atoms with Crippen molar-refractivity contribution in [2.45, 2.75) is 39.3 Å². The average Bonchev–Trinajstić information content (AvgIpc) is 2.80. The fraction of sp³-hybridized carbons (Fsp3) is 0.667. The summed E-state index contributed by atoms with van der Waals surface area (Å²) in [5, 5.41) is 16.0. The summed E-state index contributed by atoms with van der Waals surface area (Å²) in [4.78, 5) is 22.6. The van der Waals surface area contributed by atoms with Crippen LogP contribution in [0.15, 0.2) is 4.42 Å². The predicted molar refractivity (Wildman–Crippen MR) is 70.6 cm³/mol. The molecule has 8 nitrogen and oxygen atoms in total. The molecule has 0 bridgehead atoms. The van der Waals surface area contributed by atoms with Crippen molar-refractivity contribution in [3.05, 3.63) is 5.89 Å². The van der Waals surface area contributed by atoms with Crippen molar-refractivity contribution in [3.63, 3.8) is 0 Å². The highest BCUT2D eigenvalue weighted by molar-refractivity contribution is 6.01. The van der Waals surface area contributed by atoms with Crippen molar-refractivity contribution in [2.75, 3.05) is 11.9 Å². The smallest absolute Gasteiger partial charge is 0.316 e. The van der Waals surface area contributed by atoms with E-state index in [1.807, 2.05) is 0 Å². The van der Waals surface area contributed by atoms with Gasteiger partial charge in [0, 0.05) is 6.42 Å². The predicted octanol–water partition coefficient (Wildman–Crippen LogP) is 0.0323. The quantitative estimate of drug-likeness (QED) is 0.631. The molecule has 1 atom stereocenters. The van der Waals surface area contributed by atoms with Gasteiger partial charge in [0.1, 0.15) is 6.04 Å². The molecule has 1 aliphatic rings. The summed E-state index contributed by atoms with van der Waals surface area (Å²) >= 11 is 0. The number of nitrogens with one attached hydrogen (secondary N) is 3. The highest BCUT2D eigenvalue weighted by atomic mass is 16.4. The van der Waals surface area contributed by atoms with Crippen LogP contribution in [0.1, 0.15) is 32.6 Å². The Kier molecular flexibility index (Phi) is 4.67. The van der Waals surface area contributed by atoms with Crippen LogP contribution in [0, 0.1) is 5.92 Å². The van der Waals surface area contributed by atoms with E-state index < -0.39 is 6.04 Å². The van der Waals surface area contributed by atoms with E-state index in [1.165, 1.54) is 0 Å². The van der Waals surface area contributed by atoms with Gasteiger partial charge in [-0.05, 0) is 18.9 Å². The number of aromatic nitrogens is 2. The van der Waals surface area contributed by atoms with E-state index in [0.29, 0.717) is 31.2 Å². The van der Waals surface area contributed by atoms with Gasteiger partial charge in [-0.3, -0.25) is 14.9 Å². The summed E-state index contributed by atoms with van der Waals surface area (Å²) in [5.41, 5.74) is 0. The molecule has 2 heterocycles. The summed E-state index contributed by atoms with van der Waals surface area (Å²) in [6.45, 7) is 5.56. The van der Waals surface area contributed by atoms with Gasteiger partial charge in [0.05, 0.1) is 6.54 Å². The first-order valence-corrected chi connectivity index (χ1v) is 6.68. The molecule has 0 aliphatic carbocycles. The van der Waals surface area contributed by atoms with Gasteiger partial charge in [-0.15, -0.1) is 5.10 Å². The molecule has 0 radical (unpaired) electrons. The second-order valence-electron chi connectivity index (χ2n) is 5.17. The number of anilines is 1. The molecule has 0 saturated carbocycles. The molecule has 3 N–H and O–H groups in total. The van der Waals surface area contributed by atoms with E-state index in [4.69, 9.17) is 4.42 Å². The number of amides is 2. The van der Waals surface area contributed by atoms with Gasteiger partial charge >= 0.3 is 6.01 Å². The van der Waals surface area contributed by atoms with Gasteiger partial charge in [0.25, 0.3) is 0 Å². The molecule has 1 aliphatic heterocycles. The molecule has 1 saturated heterocycles. The zero-order valence-corrected chi connectivity index (χ0v) is 11.6. The van der Waals surface area contributed by atoms with Gasteiger partial charge in [-0.2, -0.15) is 0 Å². The van der Waals surface area contributed by atoms with Crippen LogP contribution in [0.3, 0.4) is 0 Å². The third kappa shape index (κ3) is 4.02. The molecule has 2 amide bonds. The Balaban J connectivity index is 1.83. The van der Waals surface area contributed by atoms with Crippen molar-refractivity contribution >= 4 is 17.8 Å². The van der Waals surface area contributed by atoms with Crippen LogP contribution in [0.25, 0.3) is 0 Å². The molecule has 1 unspecified atom stereocenters. The van der Waals surface area contributed by atoms with Crippen molar-refractivity contribution in [1.29, 1.82) is 0 Å². The van der Waals surface area contributed by atoms with Crippen LogP contribution >= 0.6 is 0 Å². The summed E-state index contributed by atoms with van der Waals surface area (Å²) in [6, 6.07) is -0.314. The van der Waals surface area contributed by atoms with E-state index in [0.717, 1.165) is 6.54 Å². The Morgan fingerprint density at radius 2 is 2.20 bits per heavy atom. The first-order chi connectivity index (χ1) is 9.54. The van der Waals surface area contributed by atoms with E-state index >= 15 is 0 Å². The SMILES string of the molecule is CC(C)CNCc1nnc(NC2CCC(=O)NC2=O)o1. The lowest BCUT2D eigenvalue weighted by Crippen LogP contribution is -2.47. The maximum absolute atomic E-state index is 11.6. The van der Waals surface area contributed by atoms with Gasteiger partial charge in [0.15, 0.2) is 0 Å². The number of nitrogens with zero attached hydrogens (tertiary/aromatic N) is 2. The topological polar surface area (TPSA) is 109 Å². The first kappa shape index (κ1) is 14.4. The highest BCUT2D eigenvalue weighted by Gasteiger charge is 2.27. The fourth-order valence-corrected chi connectivity index (χ4v) is 1.83. The fourth-order valence-electron chi connectivity index (χ4n) is 1.83.